The van der Waals surface area contributed by atoms with E-state index in [1.54, 1.807) is 6.08 Å². The van der Waals surface area contributed by atoms with E-state index in [0.29, 0.717) is 6.61 Å². The van der Waals surface area contributed by atoms with Crippen molar-refractivity contribution >= 4 is 5.97 Å². The van der Waals surface area contributed by atoms with Gasteiger partial charge in [-0.15, -0.1) is 0 Å². The maximum absolute atomic E-state index is 10.2. The fraction of sp³-hybridized carbons (Fsp3) is 0.571. The third-order valence-corrected chi connectivity index (χ3v) is 0.742. The van der Waals surface area contributed by atoms with E-state index in [4.69, 9.17) is 4.74 Å². The monoisotopic (exact) mass is 144 g/mol. The molecule has 0 aromatic carbocycles. The van der Waals surface area contributed by atoms with Crippen molar-refractivity contribution in [1.82, 2.24) is 0 Å². The molecule has 0 fully saturated rings. The van der Waals surface area contributed by atoms with E-state index >= 15 is 0 Å². The fourth-order valence-corrected chi connectivity index (χ4v) is 0.369. The molecule has 10 heavy (non-hydrogen) atoms. The van der Waals surface area contributed by atoms with Crippen molar-refractivity contribution in [3.63, 3.8) is 0 Å². The van der Waals surface area contributed by atoms with Crippen LogP contribution in [0.2, 0.25) is 0 Å². The molecule has 0 N–H and O–H groups in total. The Bertz CT molecular complexity index is 118. The van der Waals surface area contributed by atoms with Crippen molar-refractivity contribution in [3.05, 3.63) is 12.3 Å². The molecule has 0 aliphatic heterocycles. The number of ether oxygens (including phenoxy) is 2. The van der Waals surface area contributed by atoms with Crippen LogP contribution in [0.5, 0.6) is 0 Å². The third kappa shape index (κ3) is 7.01. The predicted octanol–water partition coefficient (Wildman–Crippen LogP) is 1.10. The van der Waals surface area contributed by atoms with E-state index in [-0.39, 0.29) is 12.6 Å². The summed E-state index contributed by atoms with van der Waals surface area (Å²) in [7, 11) is 0. The van der Waals surface area contributed by atoms with Crippen LogP contribution in [0.15, 0.2) is 12.3 Å². The normalized spacial score (nSPS) is 9.80. The van der Waals surface area contributed by atoms with E-state index in [1.807, 2.05) is 6.92 Å². The molecule has 0 aliphatic carbocycles. The fourth-order valence-electron chi connectivity index (χ4n) is 0.369. The minimum Gasteiger partial charge on any atom is -0.502 e. The SMILES string of the molecule is CCOC=CCOC(C)=O. The molecular weight excluding hydrogens is 132 g/mol. The van der Waals surface area contributed by atoms with Crippen molar-refractivity contribution in [2.24, 2.45) is 0 Å². The first-order valence-electron chi connectivity index (χ1n) is 3.17. The van der Waals surface area contributed by atoms with Gasteiger partial charge in [-0.25, -0.2) is 0 Å². The van der Waals surface area contributed by atoms with Crippen LogP contribution in [-0.4, -0.2) is 19.2 Å². The average molecular weight is 144 g/mol. The summed E-state index contributed by atoms with van der Waals surface area (Å²) >= 11 is 0. The van der Waals surface area contributed by atoms with E-state index in [2.05, 4.69) is 4.74 Å². The molecule has 0 atom stereocenters. The summed E-state index contributed by atoms with van der Waals surface area (Å²) in [5.74, 6) is -0.277. The smallest absolute Gasteiger partial charge is 0.302 e. The van der Waals surface area contributed by atoms with Gasteiger partial charge in [0.05, 0.1) is 12.9 Å². The second-order valence-electron chi connectivity index (χ2n) is 1.63. The lowest BCUT2D eigenvalue weighted by molar-refractivity contribution is -0.139. The molecular formula is C7H12O3. The van der Waals surface area contributed by atoms with E-state index in [0.717, 1.165) is 0 Å². The maximum atomic E-state index is 10.2. The summed E-state index contributed by atoms with van der Waals surface area (Å²) < 4.78 is 9.43. The molecule has 0 saturated heterocycles. The number of carbonyl (C=O) groups is 1. The summed E-state index contributed by atoms with van der Waals surface area (Å²) in [6, 6.07) is 0. The zero-order valence-corrected chi connectivity index (χ0v) is 6.29. The van der Waals surface area contributed by atoms with Gasteiger partial charge in [0, 0.05) is 6.92 Å². The van der Waals surface area contributed by atoms with E-state index in [1.165, 1.54) is 13.2 Å². The molecule has 0 aromatic heterocycles. The van der Waals surface area contributed by atoms with Crippen molar-refractivity contribution in [3.8, 4) is 0 Å². The standard InChI is InChI=1S/C7H12O3/c1-3-9-5-4-6-10-7(2)8/h4-5H,3,6H2,1-2H3. The average Bonchev–Trinajstić information content (AvgIpc) is 1.87. The Morgan fingerprint density at radius 3 is 2.80 bits per heavy atom. The minimum absolute atomic E-state index is 0.277. The number of esters is 1. The number of carbonyl (C=O) groups excluding carboxylic acids is 1. The number of hydrogen-bond acceptors (Lipinski definition) is 3. The largest absolute Gasteiger partial charge is 0.502 e. The summed E-state index contributed by atoms with van der Waals surface area (Å²) in [4.78, 5) is 10.2. The van der Waals surface area contributed by atoms with Gasteiger partial charge in [0.1, 0.15) is 6.61 Å². The molecule has 0 bridgehead atoms. The second kappa shape index (κ2) is 6.13. The van der Waals surface area contributed by atoms with Crippen molar-refractivity contribution in [2.45, 2.75) is 13.8 Å². The predicted molar refractivity (Wildman–Crippen MR) is 37.4 cm³/mol. The first-order chi connectivity index (χ1) is 4.77. The second-order valence-corrected chi connectivity index (χ2v) is 1.63. The Morgan fingerprint density at radius 1 is 1.60 bits per heavy atom. The van der Waals surface area contributed by atoms with Crippen LogP contribution in [-0.2, 0) is 14.3 Å². The van der Waals surface area contributed by atoms with Crippen molar-refractivity contribution in [2.75, 3.05) is 13.2 Å². The Hall–Kier alpha value is -0.990. The lowest BCUT2D eigenvalue weighted by Gasteiger charge is -1.94. The molecule has 0 spiro atoms. The van der Waals surface area contributed by atoms with E-state index in [9.17, 15) is 4.79 Å². The van der Waals surface area contributed by atoms with Gasteiger partial charge in [-0.05, 0) is 13.0 Å². The summed E-state index contributed by atoms with van der Waals surface area (Å²) in [6.45, 7) is 4.18. The van der Waals surface area contributed by atoms with Crippen LogP contribution < -0.4 is 0 Å². The van der Waals surface area contributed by atoms with E-state index < -0.39 is 0 Å². The molecule has 0 aliphatic rings. The van der Waals surface area contributed by atoms with Gasteiger partial charge >= 0.3 is 5.97 Å². The first kappa shape index (κ1) is 9.01. The lowest BCUT2D eigenvalue weighted by Crippen LogP contribution is -1.97. The zero-order chi connectivity index (χ0) is 7.82. The topological polar surface area (TPSA) is 35.5 Å². The highest BCUT2D eigenvalue weighted by molar-refractivity contribution is 5.65. The highest BCUT2D eigenvalue weighted by Crippen LogP contribution is 1.80. The molecule has 0 unspecified atom stereocenters. The van der Waals surface area contributed by atoms with Crippen LogP contribution in [0, 0.1) is 0 Å². The van der Waals surface area contributed by atoms with Gasteiger partial charge in [0.15, 0.2) is 0 Å². The minimum atomic E-state index is -0.277. The molecule has 3 heteroatoms. The van der Waals surface area contributed by atoms with Gasteiger partial charge in [-0.3, -0.25) is 4.79 Å². The Kier molecular flexibility index (Phi) is 5.53. The first-order valence-corrected chi connectivity index (χ1v) is 3.17. The quantitative estimate of drug-likeness (QED) is 0.438. The molecule has 0 saturated carbocycles. The van der Waals surface area contributed by atoms with Crippen LogP contribution >= 0.6 is 0 Å². The van der Waals surface area contributed by atoms with Gasteiger partial charge in [-0.2, -0.15) is 0 Å². The van der Waals surface area contributed by atoms with Gasteiger partial charge in [0.2, 0.25) is 0 Å². The number of rotatable bonds is 4. The zero-order valence-electron chi connectivity index (χ0n) is 6.29. The third-order valence-electron chi connectivity index (χ3n) is 0.742. The van der Waals surface area contributed by atoms with Crippen LogP contribution in [0.3, 0.4) is 0 Å². The highest BCUT2D eigenvalue weighted by atomic mass is 16.5. The molecule has 0 radical (unpaired) electrons. The summed E-state index contributed by atoms with van der Waals surface area (Å²) in [5, 5.41) is 0. The maximum Gasteiger partial charge on any atom is 0.302 e. The van der Waals surface area contributed by atoms with Crippen molar-refractivity contribution in [1.29, 1.82) is 0 Å². The van der Waals surface area contributed by atoms with Crippen LogP contribution in [0.25, 0.3) is 0 Å². The molecule has 0 heterocycles. The lowest BCUT2D eigenvalue weighted by atomic mass is 10.6. The summed E-state index contributed by atoms with van der Waals surface area (Å²) in [5.41, 5.74) is 0. The Morgan fingerprint density at radius 2 is 2.30 bits per heavy atom. The van der Waals surface area contributed by atoms with Crippen LogP contribution in [0.1, 0.15) is 13.8 Å². The van der Waals surface area contributed by atoms with Gasteiger partial charge < -0.3 is 9.47 Å². The highest BCUT2D eigenvalue weighted by Gasteiger charge is 1.85. The number of hydrogen-bond donors (Lipinski definition) is 0. The Labute approximate surface area is 60.6 Å². The van der Waals surface area contributed by atoms with Gasteiger partial charge in [0.25, 0.3) is 0 Å². The molecule has 0 amide bonds. The van der Waals surface area contributed by atoms with Crippen molar-refractivity contribution < 1.29 is 14.3 Å². The molecule has 0 aromatic rings. The Balaban J connectivity index is 3.10. The molecule has 0 rings (SSSR count). The van der Waals surface area contributed by atoms with Crippen LogP contribution in [0.4, 0.5) is 0 Å². The summed E-state index contributed by atoms with van der Waals surface area (Å²) in [6.07, 6.45) is 3.16. The molecule has 3 nitrogen and oxygen atoms in total. The molecule has 58 valence electrons. The van der Waals surface area contributed by atoms with Gasteiger partial charge in [-0.1, -0.05) is 0 Å².